The maximum absolute atomic E-state index is 13.9. The van der Waals surface area contributed by atoms with E-state index in [1.807, 2.05) is 59.2 Å². The predicted octanol–water partition coefficient (Wildman–Crippen LogP) is 4.62. The second-order valence-electron chi connectivity index (χ2n) is 6.05. The maximum Gasteiger partial charge on any atom is 0.261 e. The normalized spacial score (nSPS) is 10.9. The van der Waals surface area contributed by atoms with E-state index >= 15 is 0 Å². The Morgan fingerprint density at radius 1 is 0.926 bits per heavy atom. The highest BCUT2D eigenvalue weighted by molar-refractivity contribution is 6.04. The molecule has 4 aromatic rings. The number of aromatic nitrogens is 2. The Balaban J connectivity index is 1.74. The lowest BCUT2D eigenvalue weighted by Gasteiger charge is -2.11. The number of nitrogens with zero attached hydrogens (tertiary/aromatic N) is 2. The third kappa shape index (κ3) is 3.29. The Hall–Kier alpha value is -3.54. The monoisotopic (exact) mass is 363 g/mol. The van der Waals surface area contributed by atoms with Crippen molar-refractivity contribution in [3.63, 3.8) is 0 Å². The van der Waals surface area contributed by atoms with Gasteiger partial charge < -0.3 is 4.57 Å². The van der Waals surface area contributed by atoms with Crippen molar-refractivity contribution in [1.29, 1.82) is 0 Å². The molecule has 4 rings (SSSR count). The standard InChI is InChI=1S/C21H15F2N3O/c22-16-10-6-9-15(19(16)23)20(27)25-21-24-17-11-4-5-12-18(17)26(21)13-14-7-2-1-3-8-14/h1-12H,13H2,(H,24,25,27). The molecule has 0 saturated heterocycles. The summed E-state index contributed by atoms with van der Waals surface area (Å²) in [7, 11) is 0. The molecule has 0 unspecified atom stereocenters. The molecule has 0 saturated carbocycles. The summed E-state index contributed by atoms with van der Waals surface area (Å²) in [4.78, 5) is 16.9. The largest absolute Gasteiger partial charge is 0.305 e. The summed E-state index contributed by atoms with van der Waals surface area (Å²) >= 11 is 0. The molecule has 134 valence electrons. The van der Waals surface area contributed by atoms with Gasteiger partial charge in [0.05, 0.1) is 23.1 Å². The van der Waals surface area contributed by atoms with Crippen LogP contribution in [0.3, 0.4) is 0 Å². The number of rotatable bonds is 4. The van der Waals surface area contributed by atoms with Crippen molar-refractivity contribution in [2.75, 3.05) is 5.32 Å². The van der Waals surface area contributed by atoms with E-state index in [1.165, 1.54) is 12.1 Å². The summed E-state index contributed by atoms with van der Waals surface area (Å²) in [6.45, 7) is 0.475. The van der Waals surface area contributed by atoms with Crippen LogP contribution < -0.4 is 5.32 Å². The van der Waals surface area contributed by atoms with Gasteiger partial charge in [0.25, 0.3) is 5.91 Å². The predicted molar refractivity (Wildman–Crippen MR) is 99.6 cm³/mol. The van der Waals surface area contributed by atoms with Crippen LogP contribution in [-0.4, -0.2) is 15.5 Å². The van der Waals surface area contributed by atoms with Crippen LogP contribution >= 0.6 is 0 Å². The zero-order valence-corrected chi connectivity index (χ0v) is 14.2. The van der Waals surface area contributed by atoms with E-state index in [0.717, 1.165) is 17.1 Å². The highest BCUT2D eigenvalue weighted by Gasteiger charge is 2.18. The van der Waals surface area contributed by atoms with Crippen LogP contribution in [0.2, 0.25) is 0 Å². The highest BCUT2D eigenvalue weighted by Crippen LogP contribution is 2.22. The molecule has 6 heteroatoms. The van der Waals surface area contributed by atoms with Gasteiger partial charge in [-0.3, -0.25) is 10.1 Å². The van der Waals surface area contributed by atoms with Crippen molar-refractivity contribution in [2.45, 2.75) is 6.54 Å². The summed E-state index contributed by atoms with van der Waals surface area (Å²) in [6, 6.07) is 20.6. The number of amides is 1. The molecule has 0 fully saturated rings. The molecular weight excluding hydrogens is 348 g/mol. The van der Waals surface area contributed by atoms with E-state index in [-0.39, 0.29) is 11.5 Å². The van der Waals surface area contributed by atoms with E-state index in [4.69, 9.17) is 0 Å². The minimum absolute atomic E-state index is 0.272. The molecule has 0 radical (unpaired) electrons. The van der Waals surface area contributed by atoms with Crippen molar-refractivity contribution in [3.05, 3.63) is 95.6 Å². The number of hydrogen-bond donors (Lipinski definition) is 1. The van der Waals surface area contributed by atoms with Gasteiger partial charge in [0.1, 0.15) is 0 Å². The van der Waals surface area contributed by atoms with Crippen molar-refractivity contribution in [3.8, 4) is 0 Å². The van der Waals surface area contributed by atoms with Gasteiger partial charge in [-0.25, -0.2) is 13.8 Å². The highest BCUT2D eigenvalue weighted by atomic mass is 19.2. The summed E-state index contributed by atoms with van der Waals surface area (Å²) < 4.78 is 29.2. The summed E-state index contributed by atoms with van der Waals surface area (Å²) in [6.07, 6.45) is 0. The molecule has 0 aliphatic rings. The molecular formula is C21H15F2N3O. The molecule has 0 spiro atoms. The molecule has 0 bridgehead atoms. The van der Waals surface area contributed by atoms with Gasteiger partial charge in [0, 0.05) is 0 Å². The quantitative estimate of drug-likeness (QED) is 0.575. The van der Waals surface area contributed by atoms with Gasteiger partial charge in [0.15, 0.2) is 11.6 Å². The lowest BCUT2D eigenvalue weighted by atomic mass is 10.2. The van der Waals surface area contributed by atoms with E-state index in [2.05, 4.69) is 10.3 Å². The third-order valence-corrected chi connectivity index (χ3v) is 4.26. The fraction of sp³-hybridized carbons (Fsp3) is 0.0476. The number of imidazole rings is 1. The molecule has 0 atom stereocenters. The van der Waals surface area contributed by atoms with E-state index < -0.39 is 17.5 Å². The van der Waals surface area contributed by atoms with Crippen LogP contribution in [0.15, 0.2) is 72.8 Å². The molecule has 27 heavy (non-hydrogen) atoms. The average Bonchev–Trinajstić information content (AvgIpc) is 3.02. The SMILES string of the molecule is O=C(Nc1nc2ccccc2n1Cc1ccccc1)c1cccc(F)c1F. The first-order valence-electron chi connectivity index (χ1n) is 8.38. The van der Waals surface area contributed by atoms with Crippen LogP contribution in [0.5, 0.6) is 0 Å². The first kappa shape index (κ1) is 16.9. The molecule has 3 aromatic carbocycles. The second kappa shape index (κ2) is 6.99. The van der Waals surface area contributed by atoms with Crippen molar-refractivity contribution >= 4 is 22.9 Å². The lowest BCUT2D eigenvalue weighted by Crippen LogP contribution is -2.18. The van der Waals surface area contributed by atoms with Crippen LogP contribution in [0.4, 0.5) is 14.7 Å². The lowest BCUT2D eigenvalue weighted by molar-refractivity contribution is 0.102. The number of carbonyl (C=O) groups excluding carboxylic acids is 1. The molecule has 4 nitrogen and oxygen atoms in total. The minimum Gasteiger partial charge on any atom is -0.305 e. The van der Waals surface area contributed by atoms with Crippen LogP contribution in [0.25, 0.3) is 11.0 Å². The Morgan fingerprint density at radius 3 is 2.48 bits per heavy atom. The van der Waals surface area contributed by atoms with Gasteiger partial charge in [-0.1, -0.05) is 48.5 Å². The van der Waals surface area contributed by atoms with Gasteiger partial charge in [0.2, 0.25) is 5.95 Å². The Morgan fingerprint density at radius 2 is 1.67 bits per heavy atom. The number of anilines is 1. The van der Waals surface area contributed by atoms with Gasteiger partial charge >= 0.3 is 0 Å². The van der Waals surface area contributed by atoms with Crippen molar-refractivity contribution in [1.82, 2.24) is 9.55 Å². The minimum atomic E-state index is -1.18. The molecule has 1 aromatic heterocycles. The number of para-hydroxylation sites is 2. The summed E-state index contributed by atoms with van der Waals surface area (Å²) in [5, 5.41) is 2.61. The molecule has 0 aliphatic heterocycles. The number of halogens is 2. The Labute approximate surface area is 154 Å². The molecule has 0 aliphatic carbocycles. The van der Waals surface area contributed by atoms with Crippen molar-refractivity contribution < 1.29 is 13.6 Å². The first-order valence-corrected chi connectivity index (χ1v) is 8.38. The van der Waals surface area contributed by atoms with Crippen LogP contribution in [-0.2, 0) is 6.54 Å². The summed E-state index contributed by atoms with van der Waals surface area (Å²) in [5.41, 5.74) is 2.18. The van der Waals surface area contributed by atoms with E-state index in [0.29, 0.717) is 12.1 Å². The number of nitrogens with one attached hydrogen (secondary N) is 1. The average molecular weight is 363 g/mol. The Bertz CT molecular complexity index is 1120. The summed E-state index contributed by atoms with van der Waals surface area (Å²) in [5.74, 6) is -2.73. The topological polar surface area (TPSA) is 46.9 Å². The smallest absolute Gasteiger partial charge is 0.261 e. The van der Waals surface area contributed by atoms with Gasteiger partial charge in [-0.15, -0.1) is 0 Å². The first-order chi connectivity index (χ1) is 13.1. The number of benzene rings is 3. The Kier molecular flexibility index (Phi) is 4.38. The fourth-order valence-corrected chi connectivity index (χ4v) is 2.95. The van der Waals surface area contributed by atoms with Crippen LogP contribution in [0.1, 0.15) is 15.9 Å². The van der Waals surface area contributed by atoms with Crippen molar-refractivity contribution in [2.24, 2.45) is 0 Å². The zero-order chi connectivity index (χ0) is 18.8. The van der Waals surface area contributed by atoms with Crippen LogP contribution in [0, 0.1) is 11.6 Å². The number of hydrogen-bond acceptors (Lipinski definition) is 2. The molecule has 1 heterocycles. The number of fused-ring (bicyclic) bond motifs is 1. The van der Waals surface area contributed by atoms with Gasteiger partial charge in [-0.05, 0) is 29.8 Å². The second-order valence-corrected chi connectivity index (χ2v) is 6.05. The number of carbonyl (C=O) groups is 1. The van der Waals surface area contributed by atoms with Gasteiger partial charge in [-0.2, -0.15) is 0 Å². The third-order valence-electron chi connectivity index (χ3n) is 4.26. The maximum atomic E-state index is 13.9. The van der Waals surface area contributed by atoms with E-state index in [9.17, 15) is 13.6 Å². The zero-order valence-electron chi connectivity index (χ0n) is 14.2. The molecule has 1 N–H and O–H groups in total. The van der Waals surface area contributed by atoms with E-state index in [1.54, 1.807) is 0 Å². The fourth-order valence-electron chi connectivity index (χ4n) is 2.95. The molecule has 1 amide bonds.